The Bertz CT molecular complexity index is 723. The van der Waals surface area contributed by atoms with Crippen LogP contribution in [0.15, 0.2) is 42.5 Å². The third-order valence-corrected chi connectivity index (χ3v) is 3.76. The summed E-state index contributed by atoms with van der Waals surface area (Å²) < 4.78 is 10.4. The van der Waals surface area contributed by atoms with E-state index in [1.165, 1.54) is 0 Å². The highest BCUT2D eigenvalue weighted by Gasteiger charge is 2.10. The van der Waals surface area contributed by atoms with Crippen molar-refractivity contribution in [2.24, 2.45) is 0 Å². The molecule has 132 valence electrons. The van der Waals surface area contributed by atoms with Crippen molar-refractivity contribution in [2.75, 3.05) is 13.2 Å². The Morgan fingerprint density at radius 3 is 2.28 bits per heavy atom. The molecule has 2 aromatic rings. The largest absolute Gasteiger partial charge is 0.481 e. The topological polar surface area (TPSA) is 64.6 Å². The first kappa shape index (κ1) is 18.8. The van der Waals surface area contributed by atoms with Crippen LogP contribution < -0.4 is 10.1 Å². The lowest BCUT2D eigenvalue weighted by atomic mass is 10.1. The fraction of sp³-hybridized carbons (Fsp3) is 0.263. The predicted molar refractivity (Wildman–Crippen MR) is 95.7 cm³/mol. The smallest absolute Gasteiger partial charge is 0.344 e. The van der Waals surface area contributed by atoms with E-state index in [1.54, 1.807) is 12.1 Å². The van der Waals surface area contributed by atoms with E-state index in [0.717, 1.165) is 16.7 Å². The first-order chi connectivity index (χ1) is 12.0. The van der Waals surface area contributed by atoms with Crippen molar-refractivity contribution in [3.8, 4) is 5.75 Å². The van der Waals surface area contributed by atoms with Gasteiger partial charge in [-0.15, -0.1) is 0 Å². The van der Waals surface area contributed by atoms with Gasteiger partial charge in [-0.05, 0) is 42.7 Å². The van der Waals surface area contributed by atoms with Gasteiger partial charge >= 0.3 is 5.97 Å². The number of carbonyl (C=O) groups excluding carboxylic acids is 2. The zero-order valence-electron chi connectivity index (χ0n) is 14.2. The number of aryl methyl sites for hydroxylation is 2. The van der Waals surface area contributed by atoms with E-state index >= 15 is 0 Å². The number of carbonyl (C=O) groups is 2. The first-order valence-corrected chi connectivity index (χ1v) is 8.19. The van der Waals surface area contributed by atoms with Gasteiger partial charge in [-0.3, -0.25) is 4.79 Å². The van der Waals surface area contributed by atoms with Gasteiger partial charge in [-0.2, -0.15) is 0 Å². The first-order valence-electron chi connectivity index (χ1n) is 7.81. The van der Waals surface area contributed by atoms with Crippen molar-refractivity contribution in [3.63, 3.8) is 0 Å². The van der Waals surface area contributed by atoms with Gasteiger partial charge in [0.05, 0.1) is 0 Å². The third-order valence-electron chi connectivity index (χ3n) is 3.51. The number of hydrogen-bond donors (Lipinski definition) is 1. The van der Waals surface area contributed by atoms with Crippen molar-refractivity contribution in [2.45, 2.75) is 20.4 Å². The molecule has 0 unspecified atom stereocenters. The maximum absolute atomic E-state index is 11.7. The molecule has 0 aliphatic rings. The zero-order valence-corrected chi connectivity index (χ0v) is 14.9. The summed E-state index contributed by atoms with van der Waals surface area (Å²) >= 11 is 5.80. The van der Waals surface area contributed by atoms with Crippen LogP contribution in [-0.4, -0.2) is 25.1 Å². The second-order valence-corrected chi connectivity index (χ2v) is 6.01. The molecule has 0 saturated carbocycles. The molecular formula is C19H20ClNO4. The summed E-state index contributed by atoms with van der Waals surface area (Å²) in [5.74, 6) is -0.314. The Morgan fingerprint density at radius 1 is 1.00 bits per heavy atom. The molecule has 6 heteroatoms. The van der Waals surface area contributed by atoms with Crippen LogP contribution >= 0.6 is 11.6 Å². The molecule has 0 atom stereocenters. The van der Waals surface area contributed by atoms with Gasteiger partial charge < -0.3 is 14.8 Å². The molecule has 25 heavy (non-hydrogen) atoms. The number of halogens is 1. The number of nitrogens with one attached hydrogen (secondary N) is 1. The molecule has 0 radical (unpaired) electrons. The Kier molecular flexibility index (Phi) is 6.83. The van der Waals surface area contributed by atoms with Crippen LogP contribution in [0.3, 0.4) is 0 Å². The number of para-hydroxylation sites is 1. The van der Waals surface area contributed by atoms with Gasteiger partial charge in [0.25, 0.3) is 5.91 Å². The van der Waals surface area contributed by atoms with E-state index in [1.807, 2.05) is 44.2 Å². The van der Waals surface area contributed by atoms with Crippen molar-refractivity contribution in [3.05, 3.63) is 64.2 Å². The van der Waals surface area contributed by atoms with Crippen LogP contribution in [0, 0.1) is 13.8 Å². The lowest BCUT2D eigenvalue weighted by Gasteiger charge is -2.11. The summed E-state index contributed by atoms with van der Waals surface area (Å²) in [6, 6.07) is 12.8. The highest BCUT2D eigenvalue weighted by atomic mass is 35.5. The van der Waals surface area contributed by atoms with E-state index in [2.05, 4.69) is 5.32 Å². The highest BCUT2D eigenvalue weighted by molar-refractivity contribution is 6.30. The monoisotopic (exact) mass is 361 g/mol. The molecule has 0 heterocycles. The summed E-state index contributed by atoms with van der Waals surface area (Å²) in [5, 5.41) is 3.30. The summed E-state index contributed by atoms with van der Waals surface area (Å²) in [6.45, 7) is 3.56. The Morgan fingerprint density at radius 2 is 1.64 bits per heavy atom. The van der Waals surface area contributed by atoms with Crippen molar-refractivity contribution in [1.29, 1.82) is 0 Å². The number of ether oxygens (including phenoxy) is 2. The molecule has 0 aromatic heterocycles. The van der Waals surface area contributed by atoms with Crippen LogP contribution in [0.25, 0.3) is 0 Å². The lowest BCUT2D eigenvalue weighted by molar-refractivity contribution is -0.150. The minimum Gasteiger partial charge on any atom is -0.481 e. The molecule has 0 fully saturated rings. The third kappa shape index (κ3) is 6.12. The number of amides is 1. The molecule has 0 aliphatic heterocycles. The van der Waals surface area contributed by atoms with Crippen LogP contribution in [0.4, 0.5) is 0 Å². The van der Waals surface area contributed by atoms with Crippen molar-refractivity contribution in [1.82, 2.24) is 5.32 Å². The van der Waals surface area contributed by atoms with Crippen LogP contribution in [-0.2, 0) is 20.9 Å². The molecule has 0 saturated heterocycles. The van der Waals surface area contributed by atoms with Crippen LogP contribution in [0.2, 0.25) is 5.02 Å². The number of hydrogen-bond acceptors (Lipinski definition) is 4. The molecule has 0 aliphatic carbocycles. The predicted octanol–water partition coefficient (Wildman–Crippen LogP) is 3.20. The molecule has 0 bridgehead atoms. The Balaban J connectivity index is 1.70. The fourth-order valence-electron chi connectivity index (χ4n) is 2.20. The van der Waals surface area contributed by atoms with Crippen LogP contribution in [0.5, 0.6) is 5.75 Å². The molecule has 1 amide bonds. The minimum absolute atomic E-state index is 0.240. The average Bonchev–Trinajstić information content (AvgIpc) is 2.59. The summed E-state index contributed by atoms with van der Waals surface area (Å²) in [4.78, 5) is 23.4. The Labute approximate surface area is 151 Å². The maximum Gasteiger partial charge on any atom is 0.344 e. The van der Waals surface area contributed by atoms with Gasteiger partial charge in [-0.25, -0.2) is 4.79 Å². The molecule has 2 rings (SSSR count). The van der Waals surface area contributed by atoms with Gasteiger partial charge in [0.15, 0.2) is 13.2 Å². The lowest BCUT2D eigenvalue weighted by Crippen LogP contribution is -2.29. The molecule has 2 aromatic carbocycles. The number of rotatable bonds is 7. The SMILES string of the molecule is Cc1cccc(C)c1OCC(=O)OCC(=O)NCc1ccc(Cl)cc1. The maximum atomic E-state index is 11.7. The van der Waals surface area contributed by atoms with Gasteiger partial charge in [0, 0.05) is 11.6 Å². The zero-order chi connectivity index (χ0) is 18.2. The second kappa shape index (κ2) is 9.08. The highest BCUT2D eigenvalue weighted by Crippen LogP contribution is 2.22. The van der Waals surface area contributed by atoms with Crippen molar-refractivity contribution >= 4 is 23.5 Å². The number of benzene rings is 2. The van der Waals surface area contributed by atoms with E-state index < -0.39 is 5.97 Å². The normalized spacial score (nSPS) is 10.2. The molecule has 0 spiro atoms. The molecule has 5 nitrogen and oxygen atoms in total. The summed E-state index contributed by atoms with van der Waals surface area (Å²) in [5.41, 5.74) is 2.78. The average molecular weight is 362 g/mol. The number of esters is 1. The van der Waals surface area contributed by atoms with E-state index in [4.69, 9.17) is 21.1 Å². The van der Waals surface area contributed by atoms with Gasteiger partial charge in [0.1, 0.15) is 5.75 Å². The van der Waals surface area contributed by atoms with Crippen molar-refractivity contribution < 1.29 is 19.1 Å². The second-order valence-electron chi connectivity index (χ2n) is 5.57. The van der Waals surface area contributed by atoms with Gasteiger partial charge in [-0.1, -0.05) is 41.9 Å². The molecular weight excluding hydrogens is 342 g/mol. The van der Waals surface area contributed by atoms with E-state index in [0.29, 0.717) is 17.3 Å². The standard InChI is InChI=1S/C19H20ClNO4/c1-13-4-3-5-14(2)19(13)25-12-18(23)24-11-17(22)21-10-15-6-8-16(20)9-7-15/h3-9H,10-12H2,1-2H3,(H,21,22). The van der Waals surface area contributed by atoms with Crippen LogP contribution in [0.1, 0.15) is 16.7 Å². The minimum atomic E-state index is -0.593. The summed E-state index contributed by atoms with van der Waals surface area (Å²) in [7, 11) is 0. The summed E-state index contributed by atoms with van der Waals surface area (Å²) in [6.07, 6.45) is 0. The molecule has 1 N–H and O–H groups in total. The fourth-order valence-corrected chi connectivity index (χ4v) is 2.33. The quantitative estimate of drug-likeness (QED) is 0.769. The van der Waals surface area contributed by atoms with E-state index in [9.17, 15) is 9.59 Å². The van der Waals surface area contributed by atoms with E-state index in [-0.39, 0.29) is 19.1 Å². The Hall–Kier alpha value is -2.53. The van der Waals surface area contributed by atoms with Gasteiger partial charge in [0.2, 0.25) is 0 Å².